The van der Waals surface area contributed by atoms with Gasteiger partial charge in [-0.05, 0) is 48.4 Å². The Morgan fingerprint density at radius 1 is 0.917 bits per heavy atom. The van der Waals surface area contributed by atoms with Crippen molar-refractivity contribution in [2.75, 3.05) is 24.2 Å². The highest BCUT2D eigenvalue weighted by Crippen LogP contribution is 2.50. The molecule has 3 aromatic rings. The number of ether oxygens (including phenoxy) is 2. The molecule has 2 fully saturated rings. The van der Waals surface area contributed by atoms with Gasteiger partial charge in [-0.2, -0.15) is 0 Å². The zero-order valence-electron chi connectivity index (χ0n) is 19.9. The minimum Gasteiger partial charge on any atom is -0.493 e. The van der Waals surface area contributed by atoms with Crippen molar-refractivity contribution in [2.45, 2.75) is 19.1 Å². The van der Waals surface area contributed by atoms with Crippen LogP contribution in [0.3, 0.4) is 0 Å². The quantitative estimate of drug-likeness (QED) is 0.523. The standard InChI is InChI=1S/C27H24N2O7/c1-15-8-7-11-17(14-15)28-25(30)21-22(18-12-13-19(34-2)23(35-3)20(18)27(32)33)29(36-24(21)26(28)31)16-9-5-4-6-10-16/h4-14,21-22,24H,1-3H3,(H,32,33)/t21-,22+,24+/m1/s1. The van der Waals surface area contributed by atoms with E-state index < -0.39 is 35.8 Å². The number of amides is 2. The third kappa shape index (κ3) is 3.56. The number of nitrogens with zero attached hydrogens (tertiary/aromatic N) is 2. The highest BCUT2D eigenvalue weighted by atomic mass is 16.7. The number of aryl methyl sites for hydroxylation is 1. The van der Waals surface area contributed by atoms with Crippen molar-refractivity contribution in [2.24, 2.45) is 5.92 Å². The van der Waals surface area contributed by atoms with Crippen molar-refractivity contribution < 1.29 is 33.8 Å². The lowest BCUT2D eigenvalue weighted by Crippen LogP contribution is -2.37. The number of benzene rings is 3. The lowest BCUT2D eigenvalue weighted by atomic mass is 9.87. The molecule has 36 heavy (non-hydrogen) atoms. The van der Waals surface area contributed by atoms with Gasteiger partial charge < -0.3 is 14.6 Å². The Hall–Kier alpha value is -4.37. The number of methoxy groups -OCH3 is 2. The molecule has 2 heterocycles. The molecule has 2 aliphatic rings. The Balaban J connectivity index is 1.69. The van der Waals surface area contributed by atoms with E-state index in [0.717, 1.165) is 10.5 Å². The van der Waals surface area contributed by atoms with Gasteiger partial charge >= 0.3 is 5.97 Å². The van der Waals surface area contributed by atoms with Gasteiger partial charge in [0.25, 0.3) is 5.91 Å². The number of hydrogen-bond donors (Lipinski definition) is 1. The van der Waals surface area contributed by atoms with Crippen LogP contribution in [0.4, 0.5) is 11.4 Å². The molecule has 9 nitrogen and oxygen atoms in total. The summed E-state index contributed by atoms with van der Waals surface area (Å²) < 4.78 is 10.7. The van der Waals surface area contributed by atoms with Crippen LogP contribution in [0.15, 0.2) is 66.7 Å². The number of anilines is 2. The molecule has 2 aliphatic heterocycles. The summed E-state index contributed by atoms with van der Waals surface area (Å²) in [7, 11) is 2.76. The fraction of sp³-hybridized carbons (Fsp3) is 0.222. The summed E-state index contributed by atoms with van der Waals surface area (Å²) in [5.41, 5.74) is 2.01. The molecule has 0 radical (unpaired) electrons. The number of rotatable bonds is 6. The van der Waals surface area contributed by atoms with Crippen LogP contribution in [-0.2, 0) is 14.4 Å². The number of hydroxylamine groups is 1. The van der Waals surface area contributed by atoms with Crippen LogP contribution in [0.25, 0.3) is 0 Å². The second-order valence-corrected chi connectivity index (χ2v) is 8.58. The fourth-order valence-corrected chi connectivity index (χ4v) is 4.96. The Morgan fingerprint density at radius 2 is 1.64 bits per heavy atom. The lowest BCUT2D eigenvalue weighted by Gasteiger charge is -2.30. The van der Waals surface area contributed by atoms with Crippen molar-refractivity contribution in [3.63, 3.8) is 0 Å². The van der Waals surface area contributed by atoms with Crippen molar-refractivity contribution in [1.29, 1.82) is 0 Å². The van der Waals surface area contributed by atoms with Crippen molar-refractivity contribution in [3.05, 3.63) is 83.4 Å². The number of carbonyl (C=O) groups is 3. The summed E-state index contributed by atoms with van der Waals surface area (Å²) in [6, 6.07) is 18.2. The molecule has 0 unspecified atom stereocenters. The number of para-hydroxylation sites is 1. The van der Waals surface area contributed by atoms with E-state index in [2.05, 4.69) is 0 Å². The van der Waals surface area contributed by atoms with E-state index in [0.29, 0.717) is 11.4 Å². The van der Waals surface area contributed by atoms with E-state index >= 15 is 0 Å². The number of hydrogen-bond acceptors (Lipinski definition) is 7. The van der Waals surface area contributed by atoms with E-state index in [4.69, 9.17) is 14.3 Å². The minimum absolute atomic E-state index is 0.0197. The van der Waals surface area contributed by atoms with E-state index in [1.54, 1.807) is 54.6 Å². The summed E-state index contributed by atoms with van der Waals surface area (Å²) in [4.78, 5) is 47.0. The summed E-state index contributed by atoms with van der Waals surface area (Å²) in [6.07, 6.45) is -1.13. The number of aromatic carboxylic acids is 1. The molecule has 2 saturated heterocycles. The first kappa shape index (κ1) is 23.4. The summed E-state index contributed by atoms with van der Waals surface area (Å²) in [5, 5.41) is 11.6. The summed E-state index contributed by atoms with van der Waals surface area (Å²) >= 11 is 0. The smallest absolute Gasteiger partial charge is 0.339 e. The van der Waals surface area contributed by atoms with Crippen molar-refractivity contribution in [3.8, 4) is 11.5 Å². The highest BCUT2D eigenvalue weighted by Gasteiger charge is 2.61. The average Bonchev–Trinajstić information content (AvgIpc) is 3.39. The van der Waals surface area contributed by atoms with Crippen molar-refractivity contribution in [1.82, 2.24) is 0 Å². The van der Waals surface area contributed by atoms with Crippen molar-refractivity contribution >= 4 is 29.2 Å². The molecule has 184 valence electrons. The first-order chi connectivity index (χ1) is 17.4. The molecular formula is C27H24N2O7. The predicted octanol–water partition coefficient (Wildman–Crippen LogP) is 3.76. The third-order valence-electron chi connectivity index (χ3n) is 6.50. The zero-order chi connectivity index (χ0) is 25.6. The van der Waals surface area contributed by atoms with Gasteiger partial charge in [0.1, 0.15) is 11.5 Å². The molecule has 0 aromatic heterocycles. The molecule has 9 heteroatoms. The van der Waals surface area contributed by atoms with Gasteiger partial charge in [-0.3, -0.25) is 14.4 Å². The molecule has 0 saturated carbocycles. The number of imide groups is 1. The maximum absolute atomic E-state index is 13.8. The zero-order valence-corrected chi connectivity index (χ0v) is 19.9. The van der Waals surface area contributed by atoms with Crippen LogP contribution in [0, 0.1) is 12.8 Å². The highest BCUT2D eigenvalue weighted by molar-refractivity contribution is 6.24. The van der Waals surface area contributed by atoms with E-state index in [1.165, 1.54) is 19.3 Å². The van der Waals surface area contributed by atoms with Gasteiger partial charge in [-0.15, -0.1) is 0 Å². The Kier molecular flexibility index (Phi) is 5.85. The Labute approximate surface area is 207 Å². The molecule has 3 aromatic carbocycles. The van der Waals surface area contributed by atoms with Gasteiger partial charge in [0.2, 0.25) is 5.91 Å². The minimum atomic E-state index is -1.26. The molecule has 0 spiro atoms. The first-order valence-electron chi connectivity index (χ1n) is 11.3. The Morgan fingerprint density at radius 3 is 2.28 bits per heavy atom. The maximum atomic E-state index is 13.8. The molecule has 0 bridgehead atoms. The molecule has 2 amide bonds. The number of carbonyl (C=O) groups excluding carboxylic acids is 2. The predicted molar refractivity (Wildman–Crippen MR) is 130 cm³/mol. The second kappa shape index (κ2) is 9.01. The third-order valence-corrected chi connectivity index (χ3v) is 6.50. The lowest BCUT2D eigenvalue weighted by molar-refractivity contribution is -0.126. The number of carboxylic acid groups (broad SMARTS) is 1. The van der Waals surface area contributed by atoms with E-state index in [1.807, 2.05) is 19.1 Å². The van der Waals surface area contributed by atoms with Gasteiger partial charge in [0.05, 0.1) is 31.6 Å². The molecular weight excluding hydrogens is 464 g/mol. The van der Waals surface area contributed by atoms with E-state index in [-0.39, 0.29) is 22.6 Å². The summed E-state index contributed by atoms with van der Waals surface area (Å²) in [5.74, 6) is -2.97. The van der Waals surface area contributed by atoms with Gasteiger partial charge in [0, 0.05) is 0 Å². The van der Waals surface area contributed by atoms with Crippen LogP contribution >= 0.6 is 0 Å². The van der Waals surface area contributed by atoms with Gasteiger partial charge in [-0.1, -0.05) is 36.4 Å². The average molecular weight is 488 g/mol. The normalized spacial score (nSPS) is 21.0. The Bertz CT molecular complexity index is 1360. The second-order valence-electron chi connectivity index (χ2n) is 8.58. The van der Waals surface area contributed by atoms with Gasteiger partial charge in [-0.25, -0.2) is 14.8 Å². The maximum Gasteiger partial charge on any atom is 0.339 e. The topological polar surface area (TPSA) is 106 Å². The first-order valence-corrected chi connectivity index (χ1v) is 11.3. The molecule has 1 N–H and O–H groups in total. The molecule has 3 atom stereocenters. The number of fused-ring (bicyclic) bond motifs is 1. The van der Waals surface area contributed by atoms with Crippen LogP contribution in [0.5, 0.6) is 11.5 Å². The van der Waals surface area contributed by atoms with Crippen LogP contribution in [0.1, 0.15) is 27.5 Å². The van der Waals surface area contributed by atoms with Gasteiger partial charge in [0.15, 0.2) is 17.6 Å². The monoisotopic (exact) mass is 488 g/mol. The van der Waals surface area contributed by atoms with Crippen LogP contribution < -0.4 is 19.4 Å². The largest absolute Gasteiger partial charge is 0.493 e. The SMILES string of the molecule is COc1ccc([C@H]2[C@H]3C(=O)N(c4cccc(C)c4)C(=O)[C@H]3ON2c2ccccc2)c(C(=O)O)c1OC. The molecule has 0 aliphatic carbocycles. The summed E-state index contributed by atoms with van der Waals surface area (Å²) in [6.45, 7) is 1.87. The van der Waals surface area contributed by atoms with E-state index in [9.17, 15) is 19.5 Å². The molecule has 5 rings (SSSR count). The van der Waals surface area contributed by atoms with Crippen LogP contribution in [0.2, 0.25) is 0 Å². The number of carboxylic acids is 1. The van der Waals surface area contributed by atoms with Crippen LogP contribution in [-0.4, -0.2) is 43.2 Å². The fourth-order valence-electron chi connectivity index (χ4n) is 4.96.